The molecule has 0 radical (unpaired) electrons. The molecule has 1 atom stereocenters. The van der Waals surface area contributed by atoms with Gasteiger partial charge in [-0.1, -0.05) is 18.2 Å². The van der Waals surface area contributed by atoms with Crippen molar-refractivity contribution in [2.45, 2.75) is 43.9 Å². The Morgan fingerprint density at radius 2 is 1.96 bits per heavy atom. The first-order valence-electron chi connectivity index (χ1n) is 14.4. The number of rotatable bonds is 8. The van der Waals surface area contributed by atoms with Crippen LogP contribution in [0.4, 0.5) is 13.2 Å². The number of para-hydroxylation sites is 1. The van der Waals surface area contributed by atoms with E-state index in [1.807, 2.05) is 32.0 Å². The number of carbonyl (C=O) groups excluding carboxylic acids is 1. The maximum atomic E-state index is 15.2. The van der Waals surface area contributed by atoms with Crippen LogP contribution in [0, 0.1) is 22.9 Å². The Morgan fingerprint density at radius 3 is 2.71 bits per heavy atom. The van der Waals surface area contributed by atoms with E-state index in [0.717, 1.165) is 16.8 Å². The van der Waals surface area contributed by atoms with Crippen molar-refractivity contribution in [2.24, 2.45) is 5.41 Å². The highest BCUT2D eigenvalue weighted by atomic mass is 32.2. The molecule has 3 heterocycles. The summed E-state index contributed by atoms with van der Waals surface area (Å²) in [5.41, 5.74) is 1.39. The van der Waals surface area contributed by atoms with E-state index < -0.39 is 28.3 Å². The molecule has 3 aromatic carbocycles. The number of imidazole rings is 1. The Balaban J connectivity index is 1.34. The lowest BCUT2D eigenvalue weighted by molar-refractivity contribution is -0.150. The molecule has 2 aromatic heterocycles. The van der Waals surface area contributed by atoms with E-state index in [2.05, 4.69) is 21.9 Å². The van der Waals surface area contributed by atoms with Gasteiger partial charge in [0.1, 0.15) is 23.1 Å². The molecule has 2 N–H and O–H groups in total. The smallest absolute Gasteiger partial charge is 0.311 e. The van der Waals surface area contributed by atoms with Gasteiger partial charge in [-0.25, -0.2) is 13.8 Å². The van der Waals surface area contributed by atoms with Crippen molar-refractivity contribution in [1.82, 2.24) is 15.0 Å². The first kappa shape index (κ1) is 30.6. The third-order valence-electron chi connectivity index (χ3n) is 8.51. The maximum absolute atomic E-state index is 15.2. The first-order valence-corrected chi connectivity index (χ1v) is 15.6. The first-order chi connectivity index (χ1) is 21.5. The average Bonchev–Trinajstić information content (AvgIpc) is 3.72. The number of nitrogens with one attached hydrogen (secondary N) is 2. The average molecular weight is 636 g/mol. The molecule has 45 heavy (non-hydrogen) atoms. The van der Waals surface area contributed by atoms with E-state index in [0.29, 0.717) is 35.5 Å². The number of aromatic amines is 2. The lowest BCUT2D eigenvalue weighted by Crippen LogP contribution is -2.33. The quantitative estimate of drug-likeness (QED) is 0.132. The molecule has 0 saturated carbocycles. The molecule has 6 rings (SSSR count). The Kier molecular flexibility index (Phi) is 7.84. The fourth-order valence-electron chi connectivity index (χ4n) is 6.00. The highest BCUT2D eigenvalue weighted by Crippen LogP contribution is 2.46. The van der Waals surface area contributed by atoms with Crippen LogP contribution in [0.25, 0.3) is 22.3 Å². The van der Waals surface area contributed by atoms with Gasteiger partial charge >= 0.3 is 5.97 Å². The summed E-state index contributed by atoms with van der Waals surface area (Å²) < 4.78 is 62.2. The number of methoxy groups -OCH3 is 1. The van der Waals surface area contributed by atoms with Crippen molar-refractivity contribution >= 4 is 28.6 Å². The molecular weight excluding hydrogens is 603 g/mol. The summed E-state index contributed by atoms with van der Waals surface area (Å²) in [6, 6.07) is 11.5. The Hall–Kier alpha value is -4.38. The van der Waals surface area contributed by atoms with E-state index in [1.165, 1.54) is 43.3 Å². The van der Waals surface area contributed by atoms with Gasteiger partial charge in [-0.2, -0.15) is 4.39 Å². The Bertz CT molecular complexity index is 1940. The van der Waals surface area contributed by atoms with Crippen LogP contribution in [-0.2, 0) is 21.4 Å². The van der Waals surface area contributed by atoms with Crippen molar-refractivity contribution in [1.29, 1.82) is 0 Å². The third-order valence-corrected chi connectivity index (χ3v) is 9.32. The minimum absolute atomic E-state index is 0.0505. The van der Waals surface area contributed by atoms with Gasteiger partial charge in [-0.15, -0.1) is 11.8 Å². The van der Waals surface area contributed by atoms with Gasteiger partial charge in [0.2, 0.25) is 5.82 Å². The molecule has 0 fully saturated rings. The van der Waals surface area contributed by atoms with Gasteiger partial charge in [-0.3, -0.25) is 4.79 Å². The zero-order valence-electron chi connectivity index (χ0n) is 25.4. The van der Waals surface area contributed by atoms with E-state index in [4.69, 9.17) is 14.2 Å². The number of benzene rings is 3. The van der Waals surface area contributed by atoms with E-state index in [-0.39, 0.29) is 34.4 Å². The summed E-state index contributed by atoms with van der Waals surface area (Å²) in [6.45, 7) is 6.16. The number of hydrogen-bond donors (Lipinski definition) is 2. The lowest BCUT2D eigenvalue weighted by Gasteiger charge is -2.36. The van der Waals surface area contributed by atoms with Crippen molar-refractivity contribution in [2.75, 3.05) is 20.0 Å². The maximum Gasteiger partial charge on any atom is 0.311 e. The molecule has 1 unspecified atom stereocenters. The fraction of sp³-hybridized carbons (Fsp3) is 0.294. The van der Waals surface area contributed by atoms with Crippen LogP contribution in [0.1, 0.15) is 44.0 Å². The summed E-state index contributed by atoms with van der Waals surface area (Å²) in [4.78, 5) is 23.3. The zero-order chi connectivity index (χ0) is 32.1. The normalized spacial score (nSPS) is 16.4. The monoisotopic (exact) mass is 635 g/mol. The van der Waals surface area contributed by atoms with E-state index in [9.17, 15) is 9.18 Å². The summed E-state index contributed by atoms with van der Waals surface area (Å²) in [6.07, 6.45) is 5.99. The second-order valence-electron chi connectivity index (χ2n) is 11.9. The topological polar surface area (TPSA) is 89.2 Å². The van der Waals surface area contributed by atoms with E-state index in [1.54, 1.807) is 18.5 Å². The largest absolute Gasteiger partial charge is 0.493 e. The van der Waals surface area contributed by atoms with Crippen LogP contribution >= 0.6 is 11.8 Å². The molecule has 0 spiro atoms. The number of nitrogens with zero attached hydrogens (tertiary/aromatic N) is 1. The number of hydrogen-bond acceptors (Lipinski definition) is 6. The molecule has 1 aliphatic rings. The number of halogens is 3. The van der Waals surface area contributed by atoms with Gasteiger partial charge in [0.05, 0.1) is 35.1 Å². The van der Waals surface area contributed by atoms with Crippen LogP contribution in [0.2, 0.25) is 0 Å². The predicted octanol–water partition coefficient (Wildman–Crippen LogP) is 8.32. The van der Waals surface area contributed by atoms with Gasteiger partial charge in [0.25, 0.3) is 0 Å². The molecule has 0 saturated heterocycles. The summed E-state index contributed by atoms with van der Waals surface area (Å²) in [5.74, 6) is -2.26. The van der Waals surface area contributed by atoms with E-state index >= 15 is 8.78 Å². The number of carbonyl (C=O) groups is 1. The minimum Gasteiger partial charge on any atom is -0.493 e. The van der Waals surface area contributed by atoms with Crippen molar-refractivity contribution in [3.05, 3.63) is 89.1 Å². The van der Waals surface area contributed by atoms with Crippen LogP contribution in [0.5, 0.6) is 17.2 Å². The SMILES string of the molecule is COC(=O)C(C)(C)Cc1cccc2c1OCCC2(C)c1cnc(-c2cc(Oc3c(F)c(F)c4[nH]ccc4c3SC)ccc2F)[nH]1. The number of ether oxygens (including phenoxy) is 3. The number of fused-ring (bicyclic) bond motifs is 2. The number of aromatic nitrogens is 3. The molecule has 234 valence electrons. The lowest BCUT2D eigenvalue weighted by atomic mass is 9.73. The van der Waals surface area contributed by atoms with Crippen LogP contribution in [-0.4, -0.2) is 40.9 Å². The van der Waals surface area contributed by atoms with Crippen molar-refractivity contribution < 1.29 is 32.2 Å². The summed E-state index contributed by atoms with van der Waals surface area (Å²) in [5, 5.41) is 0.483. The summed E-state index contributed by atoms with van der Waals surface area (Å²) in [7, 11) is 1.38. The molecule has 5 aromatic rings. The molecule has 0 aliphatic carbocycles. The van der Waals surface area contributed by atoms with Crippen LogP contribution in [0.15, 0.2) is 59.8 Å². The third kappa shape index (κ3) is 5.22. The highest BCUT2D eigenvalue weighted by Gasteiger charge is 2.39. The van der Waals surface area contributed by atoms with Crippen LogP contribution in [0.3, 0.4) is 0 Å². The van der Waals surface area contributed by atoms with Crippen LogP contribution < -0.4 is 9.47 Å². The zero-order valence-corrected chi connectivity index (χ0v) is 26.3. The van der Waals surface area contributed by atoms with Gasteiger partial charge in [0, 0.05) is 34.5 Å². The number of H-pyrrole nitrogens is 2. The standard InChI is InChI=1S/C34H32F3N3O4S/c1-33(2,32(41)42-4)16-18-7-6-8-22-28(18)43-14-12-34(22,3)24-17-39-31(40-24)21-15-19(9-10-23(21)35)44-29-26(37)25(36)27-20(11-13-38-27)30(29)45-5/h6-11,13,15,17,38H,12,14,16H2,1-5H3,(H,39,40). The minimum atomic E-state index is -1.14. The molecule has 11 heteroatoms. The van der Waals surface area contributed by atoms with Gasteiger partial charge < -0.3 is 24.2 Å². The molecule has 1 aliphatic heterocycles. The molecular formula is C34H32F3N3O4S. The Labute approximate surface area is 262 Å². The number of esters is 1. The Morgan fingerprint density at radius 1 is 1.16 bits per heavy atom. The molecule has 0 bridgehead atoms. The van der Waals surface area contributed by atoms with Crippen molar-refractivity contribution in [3.63, 3.8) is 0 Å². The predicted molar refractivity (Wildman–Crippen MR) is 167 cm³/mol. The van der Waals surface area contributed by atoms with Gasteiger partial charge in [0.15, 0.2) is 11.6 Å². The molecule has 0 amide bonds. The fourth-order valence-corrected chi connectivity index (χ4v) is 6.70. The second-order valence-corrected chi connectivity index (χ2v) is 12.7. The summed E-state index contributed by atoms with van der Waals surface area (Å²) >= 11 is 1.22. The second kappa shape index (κ2) is 11.5. The number of thioether (sulfide) groups is 1. The highest BCUT2D eigenvalue weighted by molar-refractivity contribution is 7.99. The van der Waals surface area contributed by atoms with Gasteiger partial charge in [-0.05, 0) is 69.7 Å². The molecule has 7 nitrogen and oxygen atoms in total. The van der Waals surface area contributed by atoms with Crippen molar-refractivity contribution in [3.8, 4) is 28.6 Å².